The summed E-state index contributed by atoms with van der Waals surface area (Å²) in [6.45, 7) is 3.29. The third-order valence-corrected chi connectivity index (χ3v) is 4.17. The van der Waals surface area contributed by atoms with Crippen LogP contribution in [-0.2, 0) is 0 Å². The van der Waals surface area contributed by atoms with Gasteiger partial charge in [-0.25, -0.2) is 4.98 Å². The van der Waals surface area contributed by atoms with Gasteiger partial charge in [0.2, 0.25) is 0 Å². The first-order chi connectivity index (χ1) is 8.36. The number of anilines is 1. The molecular weight excluding hydrogens is 210 g/mol. The third-order valence-electron chi connectivity index (χ3n) is 4.17. The summed E-state index contributed by atoms with van der Waals surface area (Å²) in [5, 5.41) is 3.70. The van der Waals surface area contributed by atoms with E-state index in [-0.39, 0.29) is 0 Å². The maximum atomic E-state index is 4.50. The molecule has 2 bridgehead atoms. The van der Waals surface area contributed by atoms with Crippen molar-refractivity contribution < 1.29 is 0 Å². The van der Waals surface area contributed by atoms with Crippen molar-refractivity contribution in [2.75, 3.05) is 11.4 Å². The Kier molecular flexibility index (Phi) is 3.02. The lowest BCUT2D eigenvalue weighted by molar-refractivity contribution is 0.348. The summed E-state index contributed by atoms with van der Waals surface area (Å²) in [7, 11) is 0. The van der Waals surface area contributed by atoms with Gasteiger partial charge in [-0.1, -0.05) is 6.07 Å². The molecule has 0 saturated carbocycles. The Morgan fingerprint density at radius 1 is 1.29 bits per heavy atom. The Labute approximate surface area is 103 Å². The Hall–Kier alpha value is -1.09. The van der Waals surface area contributed by atoms with Crippen LogP contribution in [0.15, 0.2) is 24.4 Å². The first kappa shape index (κ1) is 11.0. The summed E-state index contributed by atoms with van der Waals surface area (Å²) >= 11 is 0. The van der Waals surface area contributed by atoms with Gasteiger partial charge in [0, 0.05) is 30.9 Å². The van der Waals surface area contributed by atoms with Crippen LogP contribution in [0.1, 0.15) is 32.6 Å². The normalized spacial score (nSPS) is 31.5. The minimum Gasteiger partial charge on any atom is -0.354 e. The van der Waals surface area contributed by atoms with E-state index in [1.807, 2.05) is 12.3 Å². The van der Waals surface area contributed by atoms with Crippen LogP contribution in [0.2, 0.25) is 0 Å². The number of aromatic nitrogens is 1. The molecule has 2 aliphatic rings. The van der Waals surface area contributed by atoms with E-state index in [0.717, 1.165) is 24.4 Å². The lowest BCUT2D eigenvalue weighted by atomic mass is 9.98. The summed E-state index contributed by atoms with van der Waals surface area (Å²) in [5.74, 6) is 1.14. The summed E-state index contributed by atoms with van der Waals surface area (Å²) in [6, 6.07) is 8.37. The fraction of sp³-hybridized carbons (Fsp3) is 0.643. The topological polar surface area (TPSA) is 28.2 Å². The first-order valence-corrected chi connectivity index (χ1v) is 6.80. The van der Waals surface area contributed by atoms with E-state index in [1.165, 1.54) is 25.7 Å². The number of hydrogen-bond donors (Lipinski definition) is 1. The van der Waals surface area contributed by atoms with Crippen LogP contribution in [0.4, 0.5) is 5.82 Å². The maximum absolute atomic E-state index is 4.50. The van der Waals surface area contributed by atoms with E-state index in [4.69, 9.17) is 0 Å². The van der Waals surface area contributed by atoms with E-state index >= 15 is 0 Å². The zero-order chi connectivity index (χ0) is 11.7. The highest BCUT2D eigenvalue weighted by Gasteiger charge is 2.35. The summed E-state index contributed by atoms with van der Waals surface area (Å²) in [6.07, 6.45) is 7.18. The quantitative estimate of drug-likeness (QED) is 0.864. The van der Waals surface area contributed by atoms with Crippen LogP contribution in [0.5, 0.6) is 0 Å². The third kappa shape index (κ3) is 2.16. The van der Waals surface area contributed by atoms with Gasteiger partial charge >= 0.3 is 0 Å². The Bertz CT molecular complexity index is 353. The molecule has 1 aromatic heterocycles. The number of fused-ring (bicyclic) bond motifs is 2. The number of piperidine rings is 1. The Balaban J connectivity index is 1.77. The minimum atomic E-state index is 0.675. The van der Waals surface area contributed by atoms with Gasteiger partial charge in [0.15, 0.2) is 0 Å². The molecule has 0 spiro atoms. The molecule has 2 saturated heterocycles. The zero-order valence-corrected chi connectivity index (χ0v) is 10.5. The highest BCUT2D eigenvalue weighted by molar-refractivity contribution is 5.39. The number of rotatable bonds is 3. The van der Waals surface area contributed by atoms with E-state index in [2.05, 4.69) is 34.3 Å². The van der Waals surface area contributed by atoms with Crippen molar-refractivity contribution in [1.29, 1.82) is 0 Å². The lowest BCUT2D eigenvalue weighted by Gasteiger charge is -2.38. The van der Waals surface area contributed by atoms with E-state index in [0.29, 0.717) is 6.04 Å². The molecule has 92 valence electrons. The molecule has 0 amide bonds. The molecule has 3 nitrogen and oxygen atoms in total. The zero-order valence-electron chi connectivity index (χ0n) is 10.5. The van der Waals surface area contributed by atoms with Crippen molar-refractivity contribution in [3.63, 3.8) is 0 Å². The molecule has 2 atom stereocenters. The molecular formula is C14H21N3. The van der Waals surface area contributed by atoms with Crippen molar-refractivity contribution in [3.05, 3.63) is 24.4 Å². The van der Waals surface area contributed by atoms with Crippen LogP contribution >= 0.6 is 0 Å². The SMILES string of the molecule is CCN(c1ccccn1)C1CC2CCC(C1)N2. The second-order valence-electron chi connectivity index (χ2n) is 5.24. The fourth-order valence-corrected chi connectivity index (χ4v) is 3.41. The van der Waals surface area contributed by atoms with Gasteiger partial charge in [0.05, 0.1) is 0 Å². The van der Waals surface area contributed by atoms with Crippen LogP contribution in [0.3, 0.4) is 0 Å². The first-order valence-electron chi connectivity index (χ1n) is 6.80. The van der Waals surface area contributed by atoms with Crippen molar-refractivity contribution in [2.24, 2.45) is 0 Å². The monoisotopic (exact) mass is 231 g/mol. The number of nitrogens with zero attached hydrogens (tertiary/aromatic N) is 2. The fourth-order valence-electron chi connectivity index (χ4n) is 3.41. The number of hydrogen-bond acceptors (Lipinski definition) is 3. The summed E-state index contributed by atoms with van der Waals surface area (Å²) in [5.41, 5.74) is 0. The van der Waals surface area contributed by atoms with Crippen molar-refractivity contribution >= 4 is 5.82 Å². The predicted molar refractivity (Wildman–Crippen MR) is 70.2 cm³/mol. The standard InChI is InChI=1S/C14H21N3/c1-2-17(14-5-3-4-8-15-14)13-9-11-6-7-12(10-13)16-11/h3-5,8,11-13,16H,2,6-7,9-10H2,1H3. The Morgan fingerprint density at radius 2 is 2.06 bits per heavy atom. The van der Waals surface area contributed by atoms with Gasteiger partial charge in [-0.15, -0.1) is 0 Å². The highest BCUT2D eigenvalue weighted by atomic mass is 15.2. The van der Waals surface area contributed by atoms with Gasteiger partial charge in [-0.3, -0.25) is 0 Å². The van der Waals surface area contributed by atoms with Gasteiger partial charge in [-0.2, -0.15) is 0 Å². The van der Waals surface area contributed by atoms with Crippen molar-refractivity contribution in [1.82, 2.24) is 10.3 Å². The molecule has 2 unspecified atom stereocenters. The van der Waals surface area contributed by atoms with Gasteiger partial charge < -0.3 is 10.2 Å². The molecule has 0 aliphatic carbocycles. The molecule has 0 radical (unpaired) electrons. The molecule has 1 aromatic rings. The van der Waals surface area contributed by atoms with Crippen molar-refractivity contribution in [2.45, 2.75) is 50.7 Å². The lowest BCUT2D eigenvalue weighted by Crippen LogP contribution is -2.48. The number of nitrogens with one attached hydrogen (secondary N) is 1. The van der Waals surface area contributed by atoms with E-state index < -0.39 is 0 Å². The molecule has 2 aliphatic heterocycles. The van der Waals surface area contributed by atoms with E-state index in [1.54, 1.807) is 0 Å². The van der Waals surface area contributed by atoms with Gasteiger partial charge in [0.25, 0.3) is 0 Å². The largest absolute Gasteiger partial charge is 0.354 e. The van der Waals surface area contributed by atoms with Crippen LogP contribution in [-0.4, -0.2) is 29.7 Å². The average molecular weight is 231 g/mol. The smallest absolute Gasteiger partial charge is 0.128 e. The van der Waals surface area contributed by atoms with E-state index in [9.17, 15) is 0 Å². The van der Waals surface area contributed by atoms with Crippen LogP contribution in [0.25, 0.3) is 0 Å². The molecule has 3 rings (SSSR count). The molecule has 2 fully saturated rings. The summed E-state index contributed by atoms with van der Waals surface area (Å²) in [4.78, 5) is 6.98. The minimum absolute atomic E-state index is 0.675. The molecule has 1 N–H and O–H groups in total. The van der Waals surface area contributed by atoms with Crippen LogP contribution < -0.4 is 10.2 Å². The molecule has 0 aromatic carbocycles. The number of pyridine rings is 1. The highest BCUT2D eigenvalue weighted by Crippen LogP contribution is 2.31. The summed E-state index contributed by atoms with van der Waals surface area (Å²) < 4.78 is 0. The van der Waals surface area contributed by atoms with Crippen molar-refractivity contribution in [3.8, 4) is 0 Å². The van der Waals surface area contributed by atoms with Crippen LogP contribution in [0, 0.1) is 0 Å². The van der Waals surface area contributed by atoms with Gasteiger partial charge in [0.1, 0.15) is 5.82 Å². The second kappa shape index (κ2) is 4.65. The van der Waals surface area contributed by atoms with Gasteiger partial charge in [-0.05, 0) is 44.7 Å². The Morgan fingerprint density at radius 3 is 2.65 bits per heavy atom. The maximum Gasteiger partial charge on any atom is 0.128 e. The second-order valence-corrected chi connectivity index (χ2v) is 5.24. The predicted octanol–water partition coefficient (Wildman–Crippen LogP) is 2.19. The molecule has 17 heavy (non-hydrogen) atoms. The molecule has 3 heterocycles. The average Bonchev–Trinajstić information content (AvgIpc) is 2.71. The molecule has 3 heteroatoms.